The highest BCUT2D eigenvalue weighted by molar-refractivity contribution is 6.46. The van der Waals surface area contributed by atoms with Crippen molar-refractivity contribution in [3.8, 4) is 11.5 Å². The molecule has 2 aliphatic heterocycles. The molecule has 3 aromatic rings. The number of ether oxygens (including phenoxy) is 2. The molecule has 6 nitrogen and oxygen atoms in total. The molecule has 1 fully saturated rings. The van der Waals surface area contributed by atoms with E-state index in [9.17, 15) is 14.7 Å². The second-order valence-corrected chi connectivity index (χ2v) is 9.09. The third-order valence-corrected chi connectivity index (χ3v) is 6.47. The topological polar surface area (TPSA) is 76.1 Å². The maximum absolute atomic E-state index is 13.3. The van der Waals surface area contributed by atoms with Crippen molar-refractivity contribution in [2.24, 2.45) is 0 Å². The summed E-state index contributed by atoms with van der Waals surface area (Å²) in [5.41, 5.74) is 3.29. The molecular formula is C29H27NO5. The molecule has 3 aromatic carbocycles. The lowest BCUT2D eigenvalue weighted by Gasteiger charge is -2.26. The van der Waals surface area contributed by atoms with Crippen LogP contribution in [0.15, 0.2) is 78.4 Å². The van der Waals surface area contributed by atoms with Gasteiger partial charge in [-0.25, -0.2) is 0 Å². The van der Waals surface area contributed by atoms with Crippen molar-refractivity contribution in [3.05, 3.63) is 101 Å². The van der Waals surface area contributed by atoms with E-state index < -0.39 is 17.7 Å². The van der Waals surface area contributed by atoms with E-state index >= 15 is 0 Å². The highest BCUT2D eigenvalue weighted by Crippen LogP contribution is 2.42. The summed E-state index contributed by atoms with van der Waals surface area (Å²) < 4.78 is 11.2. The Morgan fingerprint density at radius 3 is 2.31 bits per heavy atom. The SMILES string of the molecule is CC(C)c1ccc(C2C(=C(O)c3ccc4c(c3)OCCO4)C(=O)C(=O)N2Cc2ccccc2)cc1. The van der Waals surface area contributed by atoms with Gasteiger partial charge < -0.3 is 19.5 Å². The van der Waals surface area contributed by atoms with E-state index in [0.717, 1.165) is 16.7 Å². The molecule has 35 heavy (non-hydrogen) atoms. The van der Waals surface area contributed by atoms with Crippen LogP contribution in [0.25, 0.3) is 5.76 Å². The number of aliphatic hydroxyl groups excluding tert-OH is 1. The van der Waals surface area contributed by atoms with Crippen LogP contribution in [-0.2, 0) is 16.1 Å². The van der Waals surface area contributed by atoms with Gasteiger partial charge in [-0.15, -0.1) is 0 Å². The first kappa shape index (κ1) is 22.7. The quantitative estimate of drug-likeness (QED) is 0.316. The van der Waals surface area contributed by atoms with Gasteiger partial charge in [0.2, 0.25) is 0 Å². The van der Waals surface area contributed by atoms with Crippen molar-refractivity contribution in [1.82, 2.24) is 4.90 Å². The first-order chi connectivity index (χ1) is 16.9. The Hall–Kier alpha value is -4.06. The monoisotopic (exact) mass is 469 g/mol. The van der Waals surface area contributed by atoms with Gasteiger partial charge in [-0.1, -0.05) is 68.4 Å². The molecule has 1 atom stereocenters. The molecule has 1 N–H and O–H groups in total. The van der Waals surface area contributed by atoms with Gasteiger partial charge in [-0.2, -0.15) is 0 Å². The predicted molar refractivity (Wildman–Crippen MR) is 132 cm³/mol. The number of hydrogen-bond donors (Lipinski definition) is 1. The zero-order chi connectivity index (χ0) is 24.5. The number of carbonyl (C=O) groups is 2. The molecule has 1 amide bonds. The number of carbonyl (C=O) groups excluding carboxylic acids is 2. The molecule has 0 radical (unpaired) electrons. The number of fused-ring (bicyclic) bond motifs is 1. The lowest BCUT2D eigenvalue weighted by molar-refractivity contribution is -0.140. The number of ketones is 1. The lowest BCUT2D eigenvalue weighted by atomic mass is 9.93. The smallest absolute Gasteiger partial charge is 0.295 e. The molecule has 0 aliphatic carbocycles. The van der Waals surface area contributed by atoms with Gasteiger partial charge >= 0.3 is 0 Å². The maximum Gasteiger partial charge on any atom is 0.295 e. The van der Waals surface area contributed by atoms with Crippen molar-refractivity contribution in [1.29, 1.82) is 0 Å². The van der Waals surface area contributed by atoms with Crippen molar-refractivity contribution in [2.45, 2.75) is 32.4 Å². The number of amides is 1. The van der Waals surface area contributed by atoms with Crippen LogP contribution in [0.1, 0.15) is 48.1 Å². The van der Waals surface area contributed by atoms with Gasteiger partial charge in [0.25, 0.3) is 11.7 Å². The van der Waals surface area contributed by atoms with Gasteiger partial charge in [0, 0.05) is 12.1 Å². The van der Waals surface area contributed by atoms with Crippen LogP contribution in [0.2, 0.25) is 0 Å². The third-order valence-electron chi connectivity index (χ3n) is 6.47. The second kappa shape index (κ2) is 9.29. The number of rotatable bonds is 5. The van der Waals surface area contributed by atoms with Crippen LogP contribution in [0.5, 0.6) is 11.5 Å². The second-order valence-electron chi connectivity index (χ2n) is 9.09. The highest BCUT2D eigenvalue weighted by Gasteiger charge is 2.46. The van der Waals surface area contributed by atoms with Crippen LogP contribution in [0.4, 0.5) is 0 Å². The minimum absolute atomic E-state index is 0.0694. The van der Waals surface area contributed by atoms with Crippen LogP contribution in [-0.4, -0.2) is 34.9 Å². The molecule has 5 rings (SSSR count). The fourth-order valence-corrected chi connectivity index (χ4v) is 4.58. The average Bonchev–Trinajstić information content (AvgIpc) is 3.13. The number of Topliss-reactive ketones (excluding diaryl/α,β-unsaturated/α-hetero) is 1. The zero-order valence-corrected chi connectivity index (χ0v) is 19.7. The Bertz CT molecular complexity index is 1290. The molecule has 0 spiro atoms. The molecule has 1 unspecified atom stereocenters. The van der Waals surface area contributed by atoms with Crippen LogP contribution in [0, 0.1) is 0 Å². The summed E-state index contributed by atoms with van der Waals surface area (Å²) in [5.74, 6) is -0.141. The maximum atomic E-state index is 13.3. The van der Waals surface area contributed by atoms with Crippen molar-refractivity contribution >= 4 is 17.4 Å². The normalized spacial score (nSPS) is 18.8. The fourth-order valence-electron chi connectivity index (χ4n) is 4.58. The van der Waals surface area contributed by atoms with E-state index in [1.807, 2.05) is 54.6 Å². The minimum Gasteiger partial charge on any atom is -0.507 e. The van der Waals surface area contributed by atoms with Gasteiger partial charge in [-0.05, 0) is 40.8 Å². The highest BCUT2D eigenvalue weighted by atomic mass is 16.6. The first-order valence-corrected chi connectivity index (χ1v) is 11.8. The Labute approximate surface area is 204 Å². The summed E-state index contributed by atoms with van der Waals surface area (Å²) in [7, 11) is 0. The molecule has 1 saturated heterocycles. The molecule has 6 heteroatoms. The van der Waals surface area contributed by atoms with E-state index in [2.05, 4.69) is 13.8 Å². The summed E-state index contributed by atoms with van der Waals surface area (Å²) >= 11 is 0. The van der Waals surface area contributed by atoms with Gasteiger partial charge in [0.1, 0.15) is 19.0 Å². The molecule has 2 aliphatic rings. The first-order valence-electron chi connectivity index (χ1n) is 11.8. The Morgan fingerprint density at radius 2 is 1.63 bits per heavy atom. The van der Waals surface area contributed by atoms with Crippen LogP contribution >= 0.6 is 0 Å². The molecule has 178 valence electrons. The van der Waals surface area contributed by atoms with E-state index in [1.54, 1.807) is 18.2 Å². The number of nitrogens with zero attached hydrogens (tertiary/aromatic N) is 1. The number of aliphatic hydroxyl groups is 1. The van der Waals surface area contributed by atoms with E-state index in [1.165, 1.54) is 4.90 Å². The molecule has 0 aromatic heterocycles. The average molecular weight is 470 g/mol. The summed E-state index contributed by atoms with van der Waals surface area (Å²) in [6.45, 7) is 5.33. The van der Waals surface area contributed by atoms with Crippen LogP contribution in [0.3, 0.4) is 0 Å². The van der Waals surface area contributed by atoms with E-state index in [0.29, 0.717) is 36.2 Å². The lowest BCUT2D eigenvalue weighted by Crippen LogP contribution is -2.29. The predicted octanol–water partition coefficient (Wildman–Crippen LogP) is 5.20. The standard InChI is InChI=1S/C29H27NO5/c1-18(2)20-8-10-21(11-9-20)26-25(27(31)22-12-13-23-24(16-22)35-15-14-34-23)28(32)29(33)30(26)17-19-6-4-3-5-7-19/h3-13,16,18,26,31H,14-15,17H2,1-2H3. The Kier molecular flexibility index (Phi) is 6.03. The van der Waals surface area contributed by atoms with Crippen LogP contribution < -0.4 is 9.47 Å². The number of hydrogen-bond acceptors (Lipinski definition) is 5. The Balaban J connectivity index is 1.62. The molecular weight excluding hydrogens is 442 g/mol. The minimum atomic E-state index is -0.718. The summed E-state index contributed by atoms with van der Waals surface area (Å²) in [6, 6.07) is 21.7. The van der Waals surface area contributed by atoms with Gasteiger partial charge in [0.15, 0.2) is 11.5 Å². The largest absolute Gasteiger partial charge is 0.507 e. The summed E-state index contributed by atoms with van der Waals surface area (Å²) in [4.78, 5) is 28.1. The summed E-state index contributed by atoms with van der Waals surface area (Å²) in [6.07, 6.45) is 0. The van der Waals surface area contributed by atoms with Gasteiger partial charge in [0.05, 0.1) is 11.6 Å². The summed E-state index contributed by atoms with van der Waals surface area (Å²) in [5, 5.41) is 11.4. The van der Waals surface area contributed by atoms with E-state index in [4.69, 9.17) is 9.47 Å². The van der Waals surface area contributed by atoms with Crippen molar-refractivity contribution in [2.75, 3.05) is 13.2 Å². The van der Waals surface area contributed by atoms with Gasteiger partial charge in [-0.3, -0.25) is 9.59 Å². The fraction of sp³-hybridized carbons (Fsp3) is 0.241. The van der Waals surface area contributed by atoms with Crippen molar-refractivity contribution < 1.29 is 24.2 Å². The van der Waals surface area contributed by atoms with E-state index in [-0.39, 0.29) is 17.9 Å². The number of benzene rings is 3. The molecule has 0 bridgehead atoms. The zero-order valence-electron chi connectivity index (χ0n) is 19.7. The molecule has 0 saturated carbocycles. The molecule has 2 heterocycles. The van der Waals surface area contributed by atoms with Crippen molar-refractivity contribution in [3.63, 3.8) is 0 Å². The number of likely N-dealkylation sites (tertiary alicyclic amines) is 1. The Morgan fingerprint density at radius 1 is 0.943 bits per heavy atom. The third kappa shape index (κ3) is 4.28.